The molecule has 9 atom stereocenters. The zero-order valence-corrected chi connectivity index (χ0v) is 42.5. The van der Waals surface area contributed by atoms with Crippen LogP contribution < -0.4 is 10.1 Å². The second kappa shape index (κ2) is 24.2. The van der Waals surface area contributed by atoms with Crippen LogP contribution in [0.5, 0.6) is 11.5 Å². The van der Waals surface area contributed by atoms with E-state index in [0.717, 1.165) is 6.21 Å². The van der Waals surface area contributed by atoms with Gasteiger partial charge in [0.1, 0.15) is 48.3 Å². The average molecular weight is 1000 g/mol. The number of fused-ring (bicyclic) bond motifs is 14. The number of ether oxygens (including phenoxy) is 4. The van der Waals surface area contributed by atoms with Crippen LogP contribution in [-0.4, -0.2) is 142 Å². The summed E-state index contributed by atoms with van der Waals surface area (Å²) in [6.45, 7) is 20.7. The van der Waals surface area contributed by atoms with E-state index < -0.39 is 111 Å². The number of aliphatic hydroxyl groups excluding tert-OH is 2. The van der Waals surface area contributed by atoms with E-state index in [9.17, 15) is 53.7 Å². The van der Waals surface area contributed by atoms with Crippen molar-refractivity contribution in [3.05, 3.63) is 82.0 Å². The topological polar surface area (TPSA) is 265 Å². The first-order chi connectivity index (χ1) is 34.0. The molecule has 6 rings (SSSR count). The largest absolute Gasteiger partial charge is 0.507 e. The molecule has 1 fully saturated rings. The van der Waals surface area contributed by atoms with Gasteiger partial charge in [0.15, 0.2) is 5.78 Å². The van der Waals surface area contributed by atoms with Gasteiger partial charge in [-0.2, -0.15) is 5.10 Å². The number of aromatic hydroxyl groups is 1. The van der Waals surface area contributed by atoms with E-state index in [-0.39, 0.29) is 59.7 Å². The molecule has 5 bridgehead atoms. The molecule has 0 spiro atoms. The Balaban J connectivity index is 1.45. The van der Waals surface area contributed by atoms with Crippen molar-refractivity contribution in [2.24, 2.45) is 40.6 Å². The molecule has 1 saturated heterocycles. The highest BCUT2D eigenvalue weighted by atomic mass is 16.7. The monoisotopic (exact) mass is 1000 g/mol. The minimum Gasteiger partial charge on any atom is -0.507 e. The molecule has 0 unspecified atom stereocenters. The fraction of sp³-hybridized carbons (Fsp3) is 0.528. The number of Topliss-reactive ketones (excluding diaryl/α,β-unsaturated/α-hetero) is 4. The Hall–Kier alpha value is -6.57. The number of hydrogen-bond donors (Lipinski definition) is 4. The van der Waals surface area contributed by atoms with Crippen LogP contribution in [0, 0.1) is 42.4 Å². The summed E-state index contributed by atoms with van der Waals surface area (Å²) < 4.78 is 23.6. The number of phenols is 1. The van der Waals surface area contributed by atoms with Crippen LogP contribution in [0.2, 0.25) is 0 Å². The first kappa shape index (κ1) is 56.3. The summed E-state index contributed by atoms with van der Waals surface area (Å²) in [4.78, 5) is 106. The lowest BCUT2D eigenvalue weighted by Crippen LogP contribution is -2.45. The Bertz CT molecular complexity index is 2470. The number of benzene rings is 1. The Morgan fingerprint density at radius 2 is 1.58 bits per heavy atom. The summed E-state index contributed by atoms with van der Waals surface area (Å²) in [7, 11) is 0. The van der Waals surface area contributed by atoms with Gasteiger partial charge in [0.2, 0.25) is 5.78 Å². The van der Waals surface area contributed by atoms with Crippen molar-refractivity contribution in [3.8, 4) is 11.5 Å². The SMILES string of the molecule is C=C(CCC(=O)CC(C=O)C=O)OCCN1CCN(/N=C\C2=C3NC(=O)/C(C)=C\C=C\[C@H](C)[C@H](O)[C@@H](C)[C@@H](O)[C@@H](C)[C@H](OC(C)=O)[C@H](C)[C@@H](C)/C=C/O[C@@]4(C)Oc5c(C)c(O)c(c(c5C4=O)C2=O)C3=O)CC1. The number of piperazine rings is 1. The number of nitrogens with one attached hydrogen (secondary N) is 1. The number of hydrogen-bond acceptors (Lipinski definition) is 18. The molecule has 4 heterocycles. The number of carbonyl (C=O) groups is 8. The Labute approximate surface area is 419 Å². The van der Waals surface area contributed by atoms with E-state index in [0.29, 0.717) is 51.1 Å². The van der Waals surface area contributed by atoms with Gasteiger partial charge >= 0.3 is 11.8 Å². The fourth-order valence-electron chi connectivity index (χ4n) is 9.08. The Morgan fingerprint density at radius 1 is 0.917 bits per heavy atom. The number of aldehydes is 2. The maximum absolute atomic E-state index is 14.9. The Kier molecular flexibility index (Phi) is 19.0. The Morgan fingerprint density at radius 3 is 2.22 bits per heavy atom. The average Bonchev–Trinajstić information content (AvgIpc) is 3.61. The summed E-state index contributed by atoms with van der Waals surface area (Å²) in [5.74, 6) is -10.5. The van der Waals surface area contributed by atoms with Gasteiger partial charge in [-0.05, 0) is 31.8 Å². The number of hydrazone groups is 1. The summed E-state index contributed by atoms with van der Waals surface area (Å²) in [5, 5.41) is 43.3. The number of allylic oxidation sites excluding steroid dienone is 6. The molecule has 0 saturated carbocycles. The third-order valence-electron chi connectivity index (χ3n) is 14.1. The summed E-state index contributed by atoms with van der Waals surface area (Å²) in [5.41, 5.74) is -2.07. The van der Waals surface area contributed by atoms with Crippen LogP contribution in [0.3, 0.4) is 0 Å². The van der Waals surface area contributed by atoms with Crippen molar-refractivity contribution in [2.75, 3.05) is 39.3 Å². The molecule has 1 aliphatic carbocycles. The van der Waals surface area contributed by atoms with E-state index >= 15 is 0 Å². The van der Waals surface area contributed by atoms with Crippen LogP contribution in [-0.2, 0) is 38.2 Å². The van der Waals surface area contributed by atoms with Gasteiger partial charge in [0.05, 0.1) is 58.6 Å². The van der Waals surface area contributed by atoms with E-state index in [2.05, 4.69) is 21.9 Å². The molecular weight excluding hydrogens is 933 g/mol. The van der Waals surface area contributed by atoms with Crippen molar-refractivity contribution in [3.63, 3.8) is 0 Å². The minimum absolute atomic E-state index is 0.0316. The molecule has 5 aliphatic rings. The number of ketones is 4. The normalized spacial score (nSPS) is 29.2. The highest BCUT2D eigenvalue weighted by molar-refractivity contribution is 6.37. The lowest BCUT2D eigenvalue weighted by Gasteiger charge is -2.37. The maximum atomic E-state index is 14.9. The molecule has 1 aromatic carbocycles. The fourth-order valence-corrected chi connectivity index (χ4v) is 9.08. The van der Waals surface area contributed by atoms with Gasteiger partial charge in [-0.1, -0.05) is 59.4 Å². The summed E-state index contributed by atoms with van der Waals surface area (Å²) >= 11 is 0. The third kappa shape index (κ3) is 12.7. The predicted molar refractivity (Wildman–Crippen MR) is 263 cm³/mol. The van der Waals surface area contributed by atoms with Crippen molar-refractivity contribution in [1.29, 1.82) is 0 Å². The van der Waals surface area contributed by atoms with Gasteiger partial charge < -0.3 is 49.2 Å². The number of aliphatic hydroxyl groups is 2. The molecule has 19 heteroatoms. The smallest absolute Gasteiger partial charge is 0.312 e. The molecular formula is C53H68N4O15. The van der Waals surface area contributed by atoms with Gasteiger partial charge in [-0.15, -0.1) is 0 Å². The standard InChI is InChI=1S/C53H68N4O15/c1-28-16-22-70-53(10)51(67)42-40-41(46(64)35(8)50(42)72-53)48(66)43(55-52(68)30(3)13-11-12-29(2)44(62)33(6)45(63)34(7)49(32(28)5)71-36(9)60)39(47(40)65)25-54-57-19-17-56(18-20-57)21-23-69-31(4)14-15-38(61)24-37(26-58)27-59/h11-13,16,22,25-29,32-34,37,44-45,49,62-64H,4,14-15,17-21,23-24H2,1-3,5-10H3,(H,55,68)/b12-11+,22-16+,30-13-,54-25-/t28-,29-,32+,33+,34+,44-,45+,49+,53-/m0/s1. The van der Waals surface area contributed by atoms with E-state index in [1.165, 1.54) is 40.0 Å². The van der Waals surface area contributed by atoms with Gasteiger partial charge in [0, 0.05) is 94.7 Å². The molecule has 4 aliphatic heterocycles. The maximum Gasteiger partial charge on any atom is 0.312 e. The lowest BCUT2D eigenvalue weighted by molar-refractivity contribution is -0.158. The first-order valence-electron chi connectivity index (χ1n) is 24.2. The van der Waals surface area contributed by atoms with Crippen molar-refractivity contribution in [2.45, 2.75) is 106 Å². The van der Waals surface area contributed by atoms with E-state index in [1.54, 1.807) is 44.0 Å². The summed E-state index contributed by atoms with van der Waals surface area (Å²) in [6.07, 6.45) is 6.66. The predicted octanol–water partition coefficient (Wildman–Crippen LogP) is 4.51. The van der Waals surface area contributed by atoms with Crippen LogP contribution in [0.1, 0.15) is 111 Å². The number of phenolic OH excluding ortho intramolecular Hbond substituents is 1. The van der Waals surface area contributed by atoms with Crippen LogP contribution in [0.25, 0.3) is 0 Å². The second-order valence-corrected chi connectivity index (χ2v) is 19.3. The van der Waals surface area contributed by atoms with E-state index in [1.807, 2.05) is 13.8 Å². The third-order valence-corrected chi connectivity index (χ3v) is 14.1. The van der Waals surface area contributed by atoms with Crippen LogP contribution >= 0.6 is 0 Å². The molecule has 72 heavy (non-hydrogen) atoms. The van der Waals surface area contributed by atoms with Crippen molar-refractivity contribution < 1.29 is 72.6 Å². The quantitative estimate of drug-likeness (QED) is 0.0657. The number of rotatable bonds is 14. The van der Waals surface area contributed by atoms with Gasteiger partial charge in [-0.25, -0.2) is 0 Å². The first-order valence-corrected chi connectivity index (χ1v) is 24.2. The summed E-state index contributed by atoms with van der Waals surface area (Å²) in [6, 6.07) is 0. The zero-order valence-electron chi connectivity index (χ0n) is 42.5. The van der Waals surface area contributed by atoms with Gasteiger partial charge in [0.25, 0.3) is 11.7 Å². The molecule has 1 amide bonds. The molecule has 4 N–H and O–H groups in total. The molecule has 0 aromatic heterocycles. The second-order valence-electron chi connectivity index (χ2n) is 19.3. The number of nitrogens with zero attached hydrogens (tertiary/aromatic N) is 3. The number of carbonyl (C=O) groups excluding carboxylic acids is 8. The lowest BCUT2D eigenvalue weighted by atomic mass is 9.77. The highest BCUT2D eigenvalue weighted by Crippen LogP contribution is 2.48. The zero-order chi connectivity index (χ0) is 53.4. The van der Waals surface area contributed by atoms with Crippen molar-refractivity contribution in [1.82, 2.24) is 15.2 Å². The van der Waals surface area contributed by atoms with E-state index in [4.69, 9.17) is 18.9 Å². The molecule has 1 aromatic rings. The number of esters is 1. The van der Waals surface area contributed by atoms with Gasteiger partial charge in [-0.3, -0.25) is 38.7 Å². The van der Waals surface area contributed by atoms with Crippen LogP contribution in [0.4, 0.5) is 0 Å². The van der Waals surface area contributed by atoms with Crippen LogP contribution in [0.15, 0.2) is 64.8 Å². The van der Waals surface area contributed by atoms with Crippen molar-refractivity contribution >= 4 is 53.8 Å². The minimum atomic E-state index is -2.09. The molecule has 19 nitrogen and oxygen atoms in total. The molecule has 0 radical (unpaired) electrons. The number of amides is 1. The highest BCUT2D eigenvalue weighted by Gasteiger charge is 2.52. The molecule has 390 valence electrons.